The zero-order chi connectivity index (χ0) is 15.5. The molecular weight excluding hydrogens is 268 g/mol. The minimum absolute atomic E-state index is 0.00216. The van der Waals surface area contributed by atoms with Gasteiger partial charge in [-0.2, -0.15) is 0 Å². The van der Waals surface area contributed by atoms with E-state index >= 15 is 0 Å². The average molecular weight is 296 g/mol. The van der Waals surface area contributed by atoms with Crippen molar-refractivity contribution in [2.75, 3.05) is 46.5 Å². The Bertz CT molecular complexity index is 395. The van der Waals surface area contributed by atoms with E-state index in [0.717, 1.165) is 38.3 Å². The van der Waals surface area contributed by atoms with Crippen LogP contribution < -0.4 is 14.8 Å². The fraction of sp³-hybridized carbons (Fsp3) is 0.625. The van der Waals surface area contributed by atoms with E-state index in [1.54, 1.807) is 7.11 Å². The summed E-state index contributed by atoms with van der Waals surface area (Å²) in [5.74, 6) is 1.37. The molecule has 1 aromatic rings. The number of likely N-dealkylation sites (N-methyl/N-ethyl adjacent to an activating group) is 1. The highest BCUT2D eigenvalue weighted by molar-refractivity contribution is 5.42. The Morgan fingerprint density at radius 1 is 1.19 bits per heavy atom. The molecule has 0 aromatic heterocycles. The highest BCUT2D eigenvalue weighted by Gasteiger charge is 2.06. The predicted octanol–water partition coefficient (Wildman–Crippen LogP) is 1.50. The number of rotatable bonds is 11. The van der Waals surface area contributed by atoms with Gasteiger partial charge in [0, 0.05) is 19.6 Å². The first kappa shape index (κ1) is 17.8. The number of hydrogen-bond donors (Lipinski definition) is 2. The van der Waals surface area contributed by atoms with E-state index in [2.05, 4.69) is 24.1 Å². The molecule has 5 nitrogen and oxygen atoms in total. The van der Waals surface area contributed by atoms with Gasteiger partial charge in [0.1, 0.15) is 6.61 Å². The largest absolute Gasteiger partial charge is 0.493 e. The Morgan fingerprint density at radius 3 is 2.57 bits per heavy atom. The Morgan fingerprint density at radius 2 is 1.95 bits per heavy atom. The summed E-state index contributed by atoms with van der Waals surface area (Å²) in [5.41, 5.74) is 1.16. The maximum absolute atomic E-state index is 8.79. The van der Waals surface area contributed by atoms with Crippen molar-refractivity contribution >= 4 is 0 Å². The first-order valence-corrected chi connectivity index (χ1v) is 7.58. The Kier molecular flexibility index (Phi) is 8.82. The second-order valence-electron chi connectivity index (χ2n) is 4.76. The lowest BCUT2D eigenvalue weighted by Gasteiger charge is -2.18. The number of benzene rings is 1. The van der Waals surface area contributed by atoms with Crippen molar-refractivity contribution in [2.45, 2.75) is 20.4 Å². The van der Waals surface area contributed by atoms with Gasteiger partial charge >= 0.3 is 0 Å². The van der Waals surface area contributed by atoms with Crippen molar-refractivity contribution in [3.63, 3.8) is 0 Å². The van der Waals surface area contributed by atoms with Gasteiger partial charge in [-0.1, -0.05) is 19.9 Å². The standard InChI is InChI=1S/C16H28N2O3/c1-4-18(5-2)9-8-17-13-14-6-7-15(21-11-10-19)16(12-14)20-3/h6-7,12,17,19H,4-5,8-11,13H2,1-3H3. The van der Waals surface area contributed by atoms with Crippen molar-refractivity contribution < 1.29 is 14.6 Å². The molecule has 0 radical (unpaired) electrons. The Balaban J connectivity index is 2.45. The van der Waals surface area contributed by atoms with Gasteiger partial charge in [-0.25, -0.2) is 0 Å². The van der Waals surface area contributed by atoms with E-state index in [4.69, 9.17) is 14.6 Å². The molecule has 1 aromatic carbocycles. The van der Waals surface area contributed by atoms with Crippen molar-refractivity contribution in [3.8, 4) is 11.5 Å². The van der Waals surface area contributed by atoms with Crippen molar-refractivity contribution in [2.24, 2.45) is 0 Å². The maximum Gasteiger partial charge on any atom is 0.161 e. The number of aliphatic hydroxyl groups is 1. The number of hydrogen-bond acceptors (Lipinski definition) is 5. The smallest absolute Gasteiger partial charge is 0.161 e. The van der Waals surface area contributed by atoms with E-state index in [-0.39, 0.29) is 13.2 Å². The van der Waals surface area contributed by atoms with Crippen molar-refractivity contribution in [3.05, 3.63) is 23.8 Å². The van der Waals surface area contributed by atoms with Crippen LogP contribution in [0, 0.1) is 0 Å². The molecule has 0 spiro atoms. The van der Waals surface area contributed by atoms with E-state index in [9.17, 15) is 0 Å². The molecule has 0 aliphatic carbocycles. The van der Waals surface area contributed by atoms with E-state index in [0.29, 0.717) is 11.5 Å². The van der Waals surface area contributed by atoms with Gasteiger partial charge in [-0.3, -0.25) is 0 Å². The maximum atomic E-state index is 8.79. The van der Waals surface area contributed by atoms with Gasteiger partial charge in [-0.15, -0.1) is 0 Å². The minimum Gasteiger partial charge on any atom is -0.493 e. The van der Waals surface area contributed by atoms with Gasteiger partial charge < -0.3 is 24.8 Å². The van der Waals surface area contributed by atoms with Crippen molar-refractivity contribution in [1.29, 1.82) is 0 Å². The second kappa shape index (κ2) is 10.4. The van der Waals surface area contributed by atoms with Gasteiger partial charge in [0.05, 0.1) is 13.7 Å². The fourth-order valence-electron chi connectivity index (χ4n) is 2.11. The Hall–Kier alpha value is -1.30. The zero-order valence-electron chi connectivity index (χ0n) is 13.4. The molecule has 0 amide bonds. The third-order valence-electron chi connectivity index (χ3n) is 3.41. The zero-order valence-corrected chi connectivity index (χ0v) is 13.4. The molecule has 0 heterocycles. The summed E-state index contributed by atoms with van der Waals surface area (Å²) in [7, 11) is 1.62. The van der Waals surface area contributed by atoms with Gasteiger partial charge in [0.15, 0.2) is 11.5 Å². The molecular formula is C16H28N2O3. The number of ether oxygens (including phenoxy) is 2. The molecule has 120 valence electrons. The summed E-state index contributed by atoms with van der Waals surface area (Å²) in [6.07, 6.45) is 0. The lowest BCUT2D eigenvalue weighted by atomic mass is 10.2. The van der Waals surface area contributed by atoms with Gasteiger partial charge in [0.2, 0.25) is 0 Å². The predicted molar refractivity (Wildman–Crippen MR) is 85.1 cm³/mol. The number of methoxy groups -OCH3 is 1. The van der Waals surface area contributed by atoms with Crippen molar-refractivity contribution in [1.82, 2.24) is 10.2 Å². The normalized spacial score (nSPS) is 10.9. The van der Waals surface area contributed by atoms with Crippen LogP contribution in [0.25, 0.3) is 0 Å². The van der Waals surface area contributed by atoms with Crippen LogP contribution >= 0.6 is 0 Å². The summed E-state index contributed by atoms with van der Waals surface area (Å²) in [6, 6.07) is 5.87. The van der Waals surface area contributed by atoms with E-state index in [1.165, 1.54) is 0 Å². The third kappa shape index (κ3) is 6.33. The molecule has 0 atom stereocenters. The third-order valence-corrected chi connectivity index (χ3v) is 3.41. The first-order valence-electron chi connectivity index (χ1n) is 7.58. The summed E-state index contributed by atoms with van der Waals surface area (Å²) >= 11 is 0. The molecule has 5 heteroatoms. The van der Waals surface area contributed by atoms with E-state index < -0.39 is 0 Å². The van der Waals surface area contributed by atoms with Crippen LogP contribution in [0.4, 0.5) is 0 Å². The SMILES string of the molecule is CCN(CC)CCNCc1ccc(OCCO)c(OC)c1. The number of nitrogens with one attached hydrogen (secondary N) is 1. The topological polar surface area (TPSA) is 54.0 Å². The fourth-order valence-corrected chi connectivity index (χ4v) is 2.11. The van der Waals surface area contributed by atoms with Crippen LogP contribution in [-0.4, -0.2) is 56.5 Å². The summed E-state index contributed by atoms with van der Waals surface area (Å²) in [4.78, 5) is 2.39. The monoisotopic (exact) mass is 296 g/mol. The molecule has 0 fully saturated rings. The molecule has 0 unspecified atom stereocenters. The number of aliphatic hydroxyl groups excluding tert-OH is 1. The molecule has 0 bridgehead atoms. The summed E-state index contributed by atoms with van der Waals surface area (Å²) in [6.45, 7) is 9.63. The van der Waals surface area contributed by atoms with Gasteiger partial charge in [-0.05, 0) is 30.8 Å². The molecule has 0 saturated heterocycles. The molecule has 21 heavy (non-hydrogen) atoms. The van der Waals surface area contributed by atoms with Crippen LogP contribution in [0.15, 0.2) is 18.2 Å². The first-order chi connectivity index (χ1) is 10.2. The van der Waals surface area contributed by atoms with Crippen LogP contribution in [0.3, 0.4) is 0 Å². The summed E-state index contributed by atoms with van der Waals surface area (Å²) < 4.78 is 10.7. The lowest BCUT2D eigenvalue weighted by Crippen LogP contribution is -2.31. The van der Waals surface area contributed by atoms with Crippen LogP contribution in [0.2, 0.25) is 0 Å². The van der Waals surface area contributed by atoms with Crippen LogP contribution in [-0.2, 0) is 6.54 Å². The molecule has 2 N–H and O–H groups in total. The van der Waals surface area contributed by atoms with E-state index in [1.807, 2.05) is 18.2 Å². The molecule has 1 rings (SSSR count). The Labute approximate surface area is 127 Å². The quantitative estimate of drug-likeness (QED) is 0.606. The minimum atomic E-state index is -0.00216. The lowest BCUT2D eigenvalue weighted by molar-refractivity contribution is 0.196. The summed E-state index contributed by atoms with van der Waals surface area (Å²) in [5, 5.41) is 12.2. The van der Waals surface area contributed by atoms with Crippen LogP contribution in [0.1, 0.15) is 19.4 Å². The molecule has 0 saturated carbocycles. The van der Waals surface area contributed by atoms with Crippen LogP contribution in [0.5, 0.6) is 11.5 Å². The molecule has 0 aliphatic rings. The second-order valence-corrected chi connectivity index (χ2v) is 4.76. The average Bonchev–Trinajstić information content (AvgIpc) is 2.53. The highest BCUT2D eigenvalue weighted by Crippen LogP contribution is 2.27. The van der Waals surface area contributed by atoms with Gasteiger partial charge in [0.25, 0.3) is 0 Å². The highest BCUT2D eigenvalue weighted by atomic mass is 16.5. The number of nitrogens with zero attached hydrogens (tertiary/aromatic N) is 1. The molecule has 0 aliphatic heterocycles.